The van der Waals surface area contributed by atoms with Gasteiger partial charge in [-0.15, -0.1) is 0 Å². The molecule has 30 heavy (non-hydrogen) atoms. The third-order valence-corrected chi connectivity index (χ3v) is 5.31. The number of hydrogen-bond donors (Lipinski definition) is 2. The molecule has 8 nitrogen and oxygen atoms in total. The summed E-state index contributed by atoms with van der Waals surface area (Å²) in [6.45, 7) is 10.4. The molecule has 2 aliphatic rings. The Bertz CT molecular complexity index is 685. The Kier molecular flexibility index (Phi) is 9.24. The van der Waals surface area contributed by atoms with Crippen molar-refractivity contribution in [3.63, 3.8) is 0 Å². The number of amides is 1. The van der Waals surface area contributed by atoms with E-state index in [0.717, 1.165) is 76.6 Å². The summed E-state index contributed by atoms with van der Waals surface area (Å²) in [6.07, 6.45) is 2.20. The summed E-state index contributed by atoms with van der Waals surface area (Å²) >= 11 is 0. The zero-order valence-corrected chi connectivity index (χ0v) is 18.1. The summed E-state index contributed by atoms with van der Waals surface area (Å²) in [6, 6.07) is 8.04. The van der Waals surface area contributed by atoms with E-state index < -0.39 is 0 Å². The van der Waals surface area contributed by atoms with E-state index in [1.54, 1.807) is 0 Å². The van der Waals surface area contributed by atoms with Gasteiger partial charge in [-0.3, -0.25) is 9.69 Å². The van der Waals surface area contributed by atoms with Crippen LogP contribution in [0, 0.1) is 0 Å². The molecule has 0 aliphatic carbocycles. The molecule has 0 unspecified atom stereocenters. The molecule has 2 fully saturated rings. The van der Waals surface area contributed by atoms with Gasteiger partial charge < -0.3 is 25.0 Å². The molecule has 1 aromatic carbocycles. The van der Waals surface area contributed by atoms with Crippen LogP contribution in [0.25, 0.3) is 0 Å². The summed E-state index contributed by atoms with van der Waals surface area (Å²) in [7, 11) is 0. The molecule has 2 saturated heterocycles. The molecule has 0 aromatic heterocycles. The standard InChI is InChI=1S/C22H35N5O3/c1-2-23-22(25-18-21(28)27-8-3-4-9-27)24-17-19-6-5-7-20(16-19)30-15-12-26-10-13-29-14-11-26/h5-7,16H,2-4,8-15,17-18H2,1H3,(H2,23,24,25). The predicted molar refractivity (Wildman–Crippen MR) is 118 cm³/mol. The first-order valence-electron chi connectivity index (χ1n) is 11.1. The van der Waals surface area contributed by atoms with Gasteiger partial charge >= 0.3 is 0 Å². The third kappa shape index (κ3) is 7.50. The van der Waals surface area contributed by atoms with Gasteiger partial charge in [0.05, 0.1) is 26.3 Å². The van der Waals surface area contributed by atoms with Crippen LogP contribution in [0.1, 0.15) is 25.3 Å². The molecule has 2 aliphatic heterocycles. The smallest absolute Gasteiger partial charge is 0.241 e. The Hall–Kier alpha value is -2.32. The monoisotopic (exact) mass is 417 g/mol. The van der Waals surface area contributed by atoms with Crippen molar-refractivity contribution in [3.8, 4) is 5.75 Å². The predicted octanol–water partition coefficient (Wildman–Crippen LogP) is 1.08. The summed E-state index contributed by atoms with van der Waals surface area (Å²) in [5, 5.41) is 6.36. The quantitative estimate of drug-likeness (QED) is 0.462. The lowest BCUT2D eigenvalue weighted by molar-refractivity contribution is -0.128. The number of carbonyl (C=O) groups excluding carboxylic acids is 1. The minimum Gasteiger partial charge on any atom is -0.492 e. The molecule has 2 heterocycles. The summed E-state index contributed by atoms with van der Waals surface area (Å²) < 4.78 is 11.3. The van der Waals surface area contributed by atoms with Gasteiger partial charge in [0.25, 0.3) is 0 Å². The maximum atomic E-state index is 12.2. The highest BCUT2D eigenvalue weighted by Gasteiger charge is 2.17. The number of aliphatic imine (C=N–C) groups is 1. The van der Waals surface area contributed by atoms with Crippen molar-refractivity contribution < 1.29 is 14.3 Å². The van der Waals surface area contributed by atoms with Crippen molar-refractivity contribution in [2.24, 2.45) is 4.99 Å². The van der Waals surface area contributed by atoms with Crippen molar-refractivity contribution in [2.75, 3.05) is 65.6 Å². The molecule has 2 N–H and O–H groups in total. The second kappa shape index (κ2) is 12.4. The van der Waals surface area contributed by atoms with Gasteiger partial charge in [-0.1, -0.05) is 12.1 Å². The first-order valence-corrected chi connectivity index (χ1v) is 11.1. The first-order chi connectivity index (χ1) is 14.7. The summed E-state index contributed by atoms with van der Waals surface area (Å²) in [4.78, 5) is 21.1. The number of nitrogens with one attached hydrogen (secondary N) is 2. The average molecular weight is 418 g/mol. The molecule has 0 atom stereocenters. The molecule has 0 bridgehead atoms. The van der Waals surface area contributed by atoms with E-state index in [4.69, 9.17) is 9.47 Å². The van der Waals surface area contributed by atoms with E-state index in [9.17, 15) is 4.79 Å². The fourth-order valence-corrected chi connectivity index (χ4v) is 3.60. The van der Waals surface area contributed by atoms with E-state index in [1.807, 2.05) is 36.1 Å². The van der Waals surface area contributed by atoms with Crippen LogP contribution >= 0.6 is 0 Å². The van der Waals surface area contributed by atoms with Crippen molar-refractivity contribution in [3.05, 3.63) is 29.8 Å². The van der Waals surface area contributed by atoms with Crippen LogP contribution in [0.2, 0.25) is 0 Å². The molecule has 0 radical (unpaired) electrons. The number of rotatable bonds is 9. The SMILES string of the molecule is CCNC(=NCc1cccc(OCCN2CCOCC2)c1)NCC(=O)N1CCCC1. The largest absolute Gasteiger partial charge is 0.492 e. The Morgan fingerprint density at radius 3 is 2.73 bits per heavy atom. The average Bonchev–Trinajstić information content (AvgIpc) is 3.32. The zero-order chi connectivity index (χ0) is 21.0. The lowest BCUT2D eigenvalue weighted by atomic mass is 10.2. The van der Waals surface area contributed by atoms with Crippen molar-refractivity contribution in [2.45, 2.75) is 26.3 Å². The van der Waals surface area contributed by atoms with E-state index in [0.29, 0.717) is 19.1 Å². The minimum atomic E-state index is 0.133. The molecule has 0 spiro atoms. The Morgan fingerprint density at radius 2 is 1.97 bits per heavy atom. The Labute approximate surface area is 179 Å². The molecular formula is C22H35N5O3. The lowest BCUT2D eigenvalue weighted by Gasteiger charge is -2.26. The number of benzene rings is 1. The van der Waals surface area contributed by atoms with Crippen LogP contribution in [0.15, 0.2) is 29.3 Å². The number of nitrogens with zero attached hydrogens (tertiary/aromatic N) is 3. The number of carbonyl (C=O) groups is 1. The number of likely N-dealkylation sites (tertiary alicyclic amines) is 1. The highest BCUT2D eigenvalue weighted by atomic mass is 16.5. The van der Waals surface area contributed by atoms with Gasteiger partial charge in [-0.05, 0) is 37.5 Å². The molecular weight excluding hydrogens is 382 g/mol. The topological polar surface area (TPSA) is 78.4 Å². The number of hydrogen-bond acceptors (Lipinski definition) is 5. The van der Waals surface area contributed by atoms with E-state index in [1.165, 1.54) is 0 Å². The lowest BCUT2D eigenvalue weighted by Crippen LogP contribution is -2.44. The van der Waals surface area contributed by atoms with Crippen LogP contribution in [0.4, 0.5) is 0 Å². The maximum Gasteiger partial charge on any atom is 0.241 e. The van der Waals surface area contributed by atoms with Gasteiger partial charge in [0, 0.05) is 39.3 Å². The summed E-state index contributed by atoms with van der Waals surface area (Å²) in [5.74, 6) is 1.65. The fourth-order valence-electron chi connectivity index (χ4n) is 3.60. The van der Waals surface area contributed by atoms with Gasteiger partial charge in [0.1, 0.15) is 12.4 Å². The molecule has 1 amide bonds. The zero-order valence-electron chi connectivity index (χ0n) is 18.1. The Morgan fingerprint density at radius 1 is 1.17 bits per heavy atom. The van der Waals surface area contributed by atoms with Gasteiger partial charge in [-0.2, -0.15) is 0 Å². The van der Waals surface area contributed by atoms with Crippen LogP contribution in [-0.4, -0.2) is 87.3 Å². The minimum absolute atomic E-state index is 0.133. The second-order valence-corrected chi connectivity index (χ2v) is 7.59. The number of morpholine rings is 1. The van der Waals surface area contributed by atoms with Gasteiger partial charge in [0.15, 0.2) is 5.96 Å². The van der Waals surface area contributed by atoms with Crippen molar-refractivity contribution in [1.29, 1.82) is 0 Å². The van der Waals surface area contributed by atoms with E-state index in [-0.39, 0.29) is 12.5 Å². The highest BCUT2D eigenvalue weighted by Crippen LogP contribution is 2.14. The van der Waals surface area contributed by atoms with Gasteiger partial charge in [-0.25, -0.2) is 4.99 Å². The van der Waals surface area contributed by atoms with Crippen LogP contribution < -0.4 is 15.4 Å². The van der Waals surface area contributed by atoms with Crippen LogP contribution in [-0.2, 0) is 16.1 Å². The van der Waals surface area contributed by atoms with Crippen LogP contribution in [0.5, 0.6) is 5.75 Å². The van der Waals surface area contributed by atoms with Crippen molar-refractivity contribution in [1.82, 2.24) is 20.4 Å². The molecule has 0 saturated carbocycles. The van der Waals surface area contributed by atoms with E-state index in [2.05, 4.69) is 20.5 Å². The molecule has 166 valence electrons. The molecule has 1 aromatic rings. The van der Waals surface area contributed by atoms with Crippen molar-refractivity contribution >= 4 is 11.9 Å². The summed E-state index contributed by atoms with van der Waals surface area (Å²) in [5.41, 5.74) is 1.07. The second-order valence-electron chi connectivity index (χ2n) is 7.59. The third-order valence-electron chi connectivity index (χ3n) is 5.31. The number of ether oxygens (including phenoxy) is 2. The number of guanidine groups is 1. The van der Waals surface area contributed by atoms with E-state index >= 15 is 0 Å². The normalized spacial score (nSPS) is 17.8. The Balaban J connectivity index is 1.45. The van der Waals surface area contributed by atoms with Crippen LogP contribution in [0.3, 0.4) is 0 Å². The first kappa shape index (κ1) is 22.4. The van der Waals surface area contributed by atoms with Gasteiger partial charge in [0.2, 0.25) is 5.91 Å². The maximum absolute atomic E-state index is 12.2. The fraction of sp³-hybridized carbons (Fsp3) is 0.636. The highest BCUT2D eigenvalue weighted by molar-refractivity contribution is 5.86. The molecule has 3 rings (SSSR count). The molecule has 8 heteroatoms.